The molecule has 2 amide bonds. The summed E-state index contributed by atoms with van der Waals surface area (Å²) in [5.74, 6) is -0.0711. The van der Waals surface area contributed by atoms with Crippen LogP contribution in [0.2, 0.25) is 0 Å². The van der Waals surface area contributed by atoms with Crippen molar-refractivity contribution >= 4 is 22.8 Å². The predicted octanol–water partition coefficient (Wildman–Crippen LogP) is 3.29. The summed E-state index contributed by atoms with van der Waals surface area (Å²) in [6, 6.07) is -3.21. The number of likely N-dealkylation sites (tertiary alicyclic amines) is 1. The SMILES string of the molecule is CC(C)C(NC(=O)[C@@H]1CCCN1C(=O)[C@@H](NS(=O)C12CC3CC(CC(C3)C1)C2)C(C)C)C(O)C(F)(F)F. The predicted molar refractivity (Wildman–Crippen MR) is 134 cm³/mol. The van der Waals surface area contributed by atoms with Crippen LogP contribution in [0.3, 0.4) is 0 Å². The third kappa shape index (κ3) is 5.88. The molecule has 0 aromatic carbocycles. The van der Waals surface area contributed by atoms with Crippen LogP contribution in [0.1, 0.15) is 79.1 Å². The number of aliphatic hydroxyl groups excluding tert-OH is 1. The number of alkyl halides is 3. The highest BCUT2D eigenvalue weighted by Gasteiger charge is 2.55. The fourth-order valence-corrected chi connectivity index (χ4v) is 9.54. The zero-order valence-corrected chi connectivity index (χ0v) is 23.0. The molecule has 11 heteroatoms. The first-order valence-corrected chi connectivity index (χ1v) is 14.9. The average Bonchev–Trinajstić information content (AvgIpc) is 3.28. The first-order valence-electron chi connectivity index (χ1n) is 13.8. The van der Waals surface area contributed by atoms with E-state index in [1.165, 1.54) is 38.0 Å². The van der Waals surface area contributed by atoms with Crippen molar-refractivity contribution in [3.05, 3.63) is 0 Å². The summed E-state index contributed by atoms with van der Waals surface area (Å²) in [5.41, 5.74) is 0. The van der Waals surface area contributed by atoms with Crippen LogP contribution < -0.4 is 10.0 Å². The first kappa shape index (κ1) is 28.8. The molecule has 1 aliphatic heterocycles. The summed E-state index contributed by atoms with van der Waals surface area (Å²) in [6.45, 7) is 7.03. The lowest BCUT2D eigenvalue weighted by molar-refractivity contribution is -0.215. The topological polar surface area (TPSA) is 98.7 Å². The summed E-state index contributed by atoms with van der Waals surface area (Å²) >= 11 is 0. The minimum Gasteiger partial charge on any atom is -0.382 e. The maximum absolute atomic E-state index is 13.8. The molecule has 0 spiro atoms. The van der Waals surface area contributed by atoms with Gasteiger partial charge in [-0.15, -0.1) is 0 Å². The van der Waals surface area contributed by atoms with Gasteiger partial charge in [-0.05, 0) is 81.0 Å². The van der Waals surface area contributed by atoms with Crippen molar-refractivity contribution in [1.82, 2.24) is 14.9 Å². The van der Waals surface area contributed by atoms with E-state index in [2.05, 4.69) is 10.0 Å². The van der Waals surface area contributed by atoms with E-state index in [9.17, 15) is 32.1 Å². The number of carbonyl (C=O) groups excluding carboxylic acids is 2. The molecule has 4 saturated carbocycles. The van der Waals surface area contributed by atoms with Crippen molar-refractivity contribution in [2.45, 2.75) is 114 Å². The standard InChI is InChI=1S/C26H42F3N3O4S/c1-14(2)20(22(33)26(27,28)29)30-23(34)19-6-5-7-32(19)24(35)21(15(3)4)31-37(36)25-11-16-8-17(12-25)10-18(9-16)13-25/h14-22,31,33H,5-13H2,1-4H3,(H,30,34)/t16?,17?,18?,19-,20?,21-,22?,25?,37?/m0/s1. The first-order chi connectivity index (χ1) is 17.2. The van der Waals surface area contributed by atoms with E-state index in [1.54, 1.807) is 0 Å². The second kappa shape index (κ2) is 10.8. The van der Waals surface area contributed by atoms with E-state index in [1.807, 2.05) is 13.8 Å². The molecule has 1 saturated heterocycles. The molecule has 0 aromatic rings. The number of hydrogen-bond acceptors (Lipinski definition) is 4. The molecule has 37 heavy (non-hydrogen) atoms. The highest BCUT2D eigenvalue weighted by atomic mass is 32.2. The van der Waals surface area contributed by atoms with Crippen LogP contribution in [-0.4, -0.2) is 67.7 Å². The molecule has 212 valence electrons. The van der Waals surface area contributed by atoms with Crippen molar-refractivity contribution in [3.8, 4) is 0 Å². The van der Waals surface area contributed by atoms with Gasteiger partial charge in [-0.1, -0.05) is 27.7 Å². The van der Waals surface area contributed by atoms with Crippen molar-refractivity contribution in [2.24, 2.45) is 29.6 Å². The van der Waals surface area contributed by atoms with Crippen molar-refractivity contribution in [3.63, 3.8) is 0 Å². The molecule has 7 nitrogen and oxygen atoms in total. The summed E-state index contributed by atoms with van der Waals surface area (Å²) < 4.78 is 56.1. The van der Waals surface area contributed by atoms with Crippen LogP contribution in [0, 0.1) is 29.6 Å². The van der Waals surface area contributed by atoms with E-state index in [4.69, 9.17) is 0 Å². The third-order valence-electron chi connectivity index (χ3n) is 9.08. The van der Waals surface area contributed by atoms with Crippen LogP contribution in [0.25, 0.3) is 0 Å². The minimum atomic E-state index is -4.87. The van der Waals surface area contributed by atoms with E-state index < -0.39 is 53.2 Å². The van der Waals surface area contributed by atoms with E-state index in [-0.39, 0.29) is 16.6 Å². The fraction of sp³-hybridized carbons (Fsp3) is 0.923. The lowest BCUT2D eigenvalue weighted by atomic mass is 9.56. The Morgan fingerprint density at radius 2 is 1.54 bits per heavy atom. The second-order valence-corrected chi connectivity index (χ2v) is 14.3. The number of nitrogens with zero attached hydrogens (tertiary/aromatic N) is 1. The van der Waals surface area contributed by atoms with Crippen molar-refractivity contribution in [2.75, 3.05) is 6.54 Å². The van der Waals surface area contributed by atoms with Crippen LogP contribution in [-0.2, 0) is 20.6 Å². The molecule has 5 fully saturated rings. The maximum atomic E-state index is 13.8. The quantitative estimate of drug-likeness (QED) is 0.411. The molecule has 5 aliphatic rings. The van der Waals surface area contributed by atoms with Crippen molar-refractivity contribution < 1.29 is 32.1 Å². The summed E-state index contributed by atoms with van der Waals surface area (Å²) in [6.07, 6.45) is -0.292. The molecule has 5 atom stereocenters. The Morgan fingerprint density at radius 3 is 2.00 bits per heavy atom. The number of rotatable bonds is 9. The Morgan fingerprint density at radius 1 is 1.00 bits per heavy atom. The number of aliphatic hydroxyl groups is 1. The molecule has 0 aromatic heterocycles. The van der Waals surface area contributed by atoms with Gasteiger partial charge in [-0.25, -0.2) is 8.93 Å². The second-order valence-electron chi connectivity index (χ2n) is 12.7. The molecule has 4 bridgehead atoms. The summed E-state index contributed by atoms with van der Waals surface area (Å²) in [4.78, 5) is 28.2. The van der Waals surface area contributed by atoms with Gasteiger partial charge in [-0.3, -0.25) is 9.59 Å². The largest absolute Gasteiger partial charge is 0.416 e. The van der Waals surface area contributed by atoms with Gasteiger partial charge in [-0.2, -0.15) is 13.2 Å². The molecular weight excluding hydrogens is 507 g/mol. The molecule has 1 heterocycles. The molecular formula is C26H42F3N3O4S. The molecule has 4 aliphatic carbocycles. The summed E-state index contributed by atoms with van der Waals surface area (Å²) in [7, 11) is -1.41. The Hall–Kier alpha value is -1.20. The Labute approximate surface area is 220 Å². The molecule has 0 radical (unpaired) electrons. The Kier molecular flexibility index (Phi) is 8.37. The molecule has 3 N–H and O–H groups in total. The number of carbonyl (C=O) groups is 2. The van der Waals surface area contributed by atoms with Crippen LogP contribution in [0.5, 0.6) is 0 Å². The Bertz CT molecular complexity index is 861. The molecule has 5 rings (SSSR count). The zero-order valence-electron chi connectivity index (χ0n) is 22.2. The van der Waals surface area contributed by atoms with Gasteiger partial charge >= 0.3 is 6.18 Å². The fourth-order valence-electron chi connectivity index (χ4n) is 7.53. The van der Waals surface area contributed by atoms with Gasteiger partial charge in [0.15, 0.2) is 6.10 Å². The van der Waals surface area contributed by atoms with Gasteiger partial charge < -0.3 is 15.3 Å². The highest BCUT2D eigenvalue weighted by molar-refractivity contribution is 7.84. The third-order valence-corrected chi connectivity index (χ3v) is 10.8. The lowest BCUT2D eigenvalue weighted by Crippen LogP contribution is -2.61. The lowest BCUT2D eigenvalue weighted by Gasteiger charge is -2.56. The zero-order chi connectivity index (χ0) is 27.3. The number of hydrogen-bond donors (Lipinski definition) is 3. The van der Waals surface area contributed by atoms with E-state index >= 15 is 0 Å². The normalized spacial score (nSPS) is 34.6. The van der Waals surface area contributed by atoms with Crippen molar-refractivity contribution in [1.29, 1.82) is 0 Å². The maximum Gasteiger partial charge on any atom is 0.416 e. The summed E-state index contributed by atoms with van der Waals surface area (Å²) in [5, 5.41) is 12.2. The average molecular weight is 550 g/mol. The Balaban J connectivity index is 1.45. The van der Waals surface area contributed by atoms with Gasteiger partial charge in [0.05, 0.1) is 21.8 Å². The van der Waals surface area contributed by atoms with Crippen LogP contribution in [0.4, 0.5) is 13.2 Å². The number of nitrogens with one attached hydrogen (secondary N) is 2. The smallest absolute Gasteiger partial charge is 0.382 e. The van der Waals surface area contributed by atoms with E-state index in [0.29, 0.717) is 37.1 Å². The van der Waals surface area contributed by atoms with Gasteiger partial charge in [0.1, 0.15) is 12.1 Å². The minimum absolute atomic E-state index is 0.190. The van der Waals surface area contributed by atoms with Gasteiger partial charge in [0, 0.05) is 6.54 Å². The van der Waals surface area contributed by atoms with Gasteiger partial charge in [0.25, 0.3) is 0 Å². The van der Waals surface area contributed by atoms with Gasteiger partial charge in [0.2, 0.25) is 11.8 Å². The van der Waals surface area contributed by atoms with E-state index in [0.717, 1.165) is 19.3 Å². The monoisotopic (exact) mass is 549 g/mol. The number of amides is 2. The highest BCUT2D eigenvalue weighted by Crippen LogP contribution is 2.57. The number of halogens is 3. The molecule has 3 unspecified atom stereocenters. The van der Waals surface area contributed by atoms with Crippen LogP contribution in [0.15, 0.2) is 0 Å². The van der Waals surface area contributed by atoms with Crippen LogP contribution >= 0.6 is 0 Å².